The topological polar surface area (TPSA) is 3.24 Å². The van der Waals surface area contributed by atoms with Crippen LogP contribution in [0.3, 0.4) is 0 Å². The monoisotopic (exact) mass is 271 g/mol. The second kappa shape index (κ2) is 5.43. The summed E-state index contributed by atoms with van der Waals surface area (Å²) < 4.78 is 39.7. The minimum Gasteiger partial charge on any atom is -0.368 e. The Morgan fingerprint density at radius 1 is 1.16 bits per heavy atom. The number of rotatable bonds is 4. The Bertz CT molecular complexity index is 430. The van der Waals surface area contributed by atoms with Crippen molar-refractivity contribution in [1.82, 2.24) is 0 Å². The first kappa shape index (κ1) is 14.2. The maximum Gasteiger partial charge on any atom is 0.194 e. The SMILES string of the molecule is CC(C)CN(c1cc(F)c(F)c(F)c1)C1CC(C)C1. The zero-order chi connectivity index (χ0) is 14.2. The summed E-state index contributed by atoms with van der Waals surface area (Å²) in [7, 11) is 0. The molecule has 0 bridgehead atoms. The lowest BCUT2D eigenvalue weighted by atomic mass is 9.80. The standard InChI is InChI=1S/C15H20F3N/c1-9(2)8-19(11-4-10(3)5-11)12-6-13(16)15(18)14(17)7-12/h6-7,9-11H,4-5,8H2,1-3H3. The zero-order valence-electron chi connectivity index (χ0n) is 11.6. The molecule has 1 aromatic rings. The van der Waals surface area contributed by atoms with Crippen LogP contribution in [-0.4, -0.2) is 12.6 Å². The van der Waals surface area contributed by atoms with E-state index in [4.69, 9.17) is 0 Å². The molecule has 0 aliphatic heterocycles. The Labute approximate surface area is 112 Å². The van der Waals surface area contributed by atoms with Crippen LogP contribution in [0.25, 0.3) is 0 Å². The highest BCUT2D eigenvalue weighted by atomic mass is 19.2. The minimum atomic E-state index is -1.39. The molecule has 0 atom stereocenters. The molecule has 0 amide bonds. The third kappa shape index (κ3) is 3.04. The highest BCUT2D eigenvalue weighted by molar-refractivity contribution is 5.49. The molecule has 1 nitrogen and oxygen atoms in total. The molecule has 1 fully saturated rings. The molecule has 19 heavy (non-hydrogen) atoms. The second-order valence-corrected chi connectivity index (χ2v) is 6.00. The predicted molar refractivity (Wildman–Crippen MR) is 70.7 cm³/mol. The predicted octanol–water partition coefficient (Wildman–Crippen LogP) is 4.36. The van der Waals surface area contributed by atoms with Crippen LogP contribution in [0.15, 0.2) is 12.1 Å². The van der Waals surface area contributed by atoms with Gasteiger partial charge in [-0.25, -0.2) is 13.2 Å². The van der Waals surface area contributed by atoms with E-state index in [0.29, 0.717) is 23.6 Å². The summed E-state index contributed by atoms with van der Waals surface area (Å²) in [5.74, 6) is -2.59. The first-order chi connectivity index (χ1) is 8.88. The molecule has 0 aromatic heterocycles. The van der Waals surface area contributed by atoms with Crippen LogP contribution in [0.2, 0.25) is 0 Å². The molecule has 4 heteroatoms. The number of nitrogens with zero attached hydrogens (tertiary/aromatic N) is 1. The number of halogens is 3. The summed E-state index contributed by atoms with van der Waals surface area (Å²) in [6.07, 6.45) is 2.04. The van der Waals surface area contributed by atoms with Gasteiger partial charge in [0.2, 0.25) is 0 Å². The molecule has 2 rings (SSSR count). The Balaban J connectivity index is 2.27. The third-order valence-corrected chi connectivity index (χ3v) is 3.65. The van der Waals surface area contributed by atoms with Crippen molar-refractivity contribution in [1.29, 1.82) is 0 Å². The molecule has 0 spiro atoms. The third-order valence-electron chi connectivity index (χ3n) is 3.65. The highest BCUT2D eigenvalue weighted by Gasteiger charge is 2.32. The molecule has 0 heterocycles. The van der Waals surface area contributed by atoms with Crippen LogP contribution in [-0.2, 0) is 0 Å². The van der Waals surface area contributed by atoms with Crippen LogP contribution in [0.5, 0.6) is 0 Å². The van der Waals surface area contributed by atoms with E-state index in [1.807, 2.05) is 4.90 Å². The fraction of sp³-hybridized carbons (Fsp3) is 0.600. The molecule has 0 N–H and O–H groups in total. The molecule has 1 aromatic carbocycles. The van der Waals surface area contributed by atoms with E-state index in [-0.39, 0.29) is 0 Å². The number of anilines is 1. The number of hydrogen-bond acceptors (Lipinski definition) is 1. The number of benzene rings is 1. The molecule has 0 radical (unpaired) electrons. The van der Waals surface area contributed by atoms with E-state index in [1.165, 1.54) is 0 Å². The van der Waals surface area contributed by atoms with Crippen molar-refractivity contribution < 1.29 is 13.2 Å². The van der Waals surface area contributed by atoms with Crippen LogP contribution >= 0.6 is 0 Å². The van der Waals surface area contributed by atoms with Crippen molar-refractivity contribution >= 4 is 5.69 Å². The Kier molecular flexibility index (Phi) is 4.07. The van der Waals surface area contributed by atoms with Crippen LogP contribution in [0.4, 0.5) is 18.9 Å². The van der Waals surface area contributed by atoms with Gasteiger partial charge in [0.05, 0.1) is 0 Å². The van der Waals surface area contributed by atoms with E-state index in [1.54, 1.807) is 0 Å². The van der Waals surface area contributed by atoms with Crippen LogP contribution in [0.1, 0.15) is 33.6 Å². The lowest BCUT2D eigenvalue weighted by molar-refractivity contribution is 0.267. The van der Waals surface area contributed by atoms with Crippen molar-refractivity contribution in [3.63, 3.8) is 0 Å². The zero-order valence-corrected chi connectivity index (χ0v) is 11.6. The molecule has 0 saturated heterocycles. The molecular weight excluding hydrogens is 251 g/mol. The van der Waals surface area contributed by atoms with Crippen molar-refractivity contribution in [3.8, 4) is 0 Å². The first-order valence-electron chi connectivity index (χ1n) is 6.79. The molecule has 106 valence electrons. The normalized spacial score (nSPS) is 22.5. The van der Waals surface area contributed by atoms with E-state index < -0.39 is 17.5 Å². The van der Waals surface area contributed by atoms with Gasteiger partial charge in [-0.1, -0.05) is 20.8 Å². The summed E-state index contributed by atoms with van der Waals surface area (Å²) in [6, 6.07) is 2.51. The Hall–Kier alpha value is -1.19. The summed E-state index contributed by atoms with van der Waals surface area (Å²) in [5.41, 5.74) is 0.446. The van der Waals surface area contributed by atoms with E-state index in [9.17, 15) is 13.2 Å². The van der Waals surface area contributed by atoms with Crippen LogP contribution in [0, 0.1) is 29.3 Å². The lowest BCUT2D eigenvalue weighted by Gasteiger charge is -2.44. The van der Waals surface area contributed by atoms with Gasteiger partial charge in [-0.15, -0.1) is 0 Å². The summed E-state index contributed by atoms with van der Waals surface area (Å²) >= 11 is 0. The lowest BCUT2D eigenvalue weighted by Crippen LogP contribution is -2.45. The average molecular weight is 271 g/mol. The molecule has 1 saturated carbocycles. The van der Waals surface area contributed by atoms with Gasteiger partial charge >= 0.3 is 0 Å². The fourth-order valence-corrected chi connectivity index (χ4v) is 2.68. The minimum absolute atomic E-state index is 0.307. The molecule has 0 unspecified atom stereocenters. The Morgan fingerprint density at radius 2 is 1.68 bits per heavy atom. The first-order valence-corrected chi connectivity index (χ1v) is 6.79. The summed E-state index contributed by atoms with van der Waals surface area (Å²) in [6.45, 7) is 7.01. The smallest absolute Gasteiger partial charge is 0.194 e. The van der Waals surface area contributed by atoms with Crippen molar-refractivity contribution in [2.75, 3.05) is 11.4 Å². The summed E-state index contributed by atoms with van der Waals surface area (Å²) in [5, 5.41) is 0. The average Bonchev–Trinajstić information content (AvgIpc) is 2.28. The highest BCUT2D eigenvalue weighted by Crippen LogP contribution is 2.35. The maximum absolute atomic E-state index is 13.4. The largest absolute Gasteiger partial charge is 0.368 e. The maximum atomic E-state index is 13.4. The quantitative estimate of drug-likeness (QED) is 0.735. The van der Waals surface area contributed by atoms with Crippen LogP contribution < -0.4 is 4.90 Å². The number of hydrogen-bond donors (Lipinski definition) is 0. The Morgan fingerprint density at radius 3 is 2.11 bits per heavy atom. The van der Waals surface area contributed by atoms with Gasteiger partial charge in [-0.3, -0.25) is 0 Å². The van der Waals surface area contributed by atoms with E-state index >= 15 is 0 Å². The fourth-order valence-electron chi connectivity index (χ4n) is 2.68. The van der Waals surface area contributed by atoms with Crippen molar-refractivity contribution in [2.24, 2.45) is 11.8 Å². The second-order valence-electron chi connectivity index (χ2n) is 6.00. The molecule has 1 aliphatic rings. The van der Waals surface area contributed by atoms with Gasteiger partial charge < -0.3 is 4.90 Å². The molecular formula is C15H20F3N. The van der Waals surface area contributed by atoms with E-state index in [0.717, 1.165) is 31.5 Å². The van der Waals surface area contributed by atoms with Gasteiger partial charge in [0.15, 0.2) is 17.5 Å². The van der Waals surface area contributed by atoms with Gasteiger partial charge in [0, 0.05) is 30.4 Å². The van der Waals surface area contributed by atoms with Gasteiger partial charge in [0.1, 0.15) is 0 Å². The van der Waals surface area contributed by atoms with Crippen molar-refractivity contribution in [2.45, 2.75) is 39.7 Å². The summed E-state index contributed by atoms with van der Waals surface area (Å²) in [4.78, 5) is 2.01. The van der Waals surface area contributed by atoms with E-state index in [2.05, 4.69) is 20.8 Å². The van der Waals surface area contributed by atoms with Gasteiger partial charge in [0.25, 0.3) is 0 Å². The molecule has 1 aliphatic carbocycles. The van der Waals surface area contributed by atoms with Crippen molar-refractivity contribution in [3.05, 3.63) is 29.6 Å². The van der Waals surface area contributed by atoms with Gasteiger partial charge in [-0.05, 0) is 24.7 Å². The van der Waals surface area contributed by atoms with Gasteiger partial charge in [-0.2, -0.15) is 0 Å².